The van der Waals surface area contributed by atoms with Gasteiger partial charge in [0, 0.05) is 5.20 Å². The molecule has 0 unspecified atom stereocenters. The van der Waals surface area contributed by atoms with E-state index >= 15 is 0 Å². The number of ether oxygens (including phenoxy) is 1. The van der Waals surface area contributed by atoms with Crippen LogP contribution in [0.1, 0.15) is 19.8 Å². The second kappa shape index (κ2) is 9.33. The van der Waals surface area contributed by atoms with Crippen LogP contribution in [0, 0.1) is 0 Å². The molecule has 0 saturated carbocycles. The van der Waals surface area contributed by atoms with Gasteiger partial charge >= 0.3 is 5.97 Å². The highest BCUT2D eigenvalue weighted by atomic mass is 28.3. The molecule has 0 aliphatic rings. The molecule has 0 amide bonds. The van der Waals surface area contributed by atoms with Crippen LogP contribution in [0.5, 0.6) is 0 Å². The van der Waals surface area contributed by atoms with Crippen molar-refractivity contribution in [2.45, 2.75) is 19.8 Å². The fraction of sp³-hybridized carbons (Fsp3) is 0.160. The Bertz CT molecular complexity index is 808. The van der Waals surface area contributed by atoms with Crippen molar-refractivity contribution >= 4 is 29.6 Å². The summed E-state index contributed by atoms with van der Waals surface area (Å²) in [6.07, 6.45) is 1.84. The molecule has 0 bridgehead atoms. The molecule has 2 nitrogen and oxygen atoms in total. The zero-order valence-corrected chi connectivity index (χ0v) is 17.3. The maximum atomic E-state index is 13.1. The largest absolute Gasteiger partial charge is 0.463 e. The van der Waals surface area contributed by atoms with Crippen molar-refractivity contribution < 1.29 is 9.53 Å². The summed E-state index contributed by atoms with van der Waals surface area (Å²) >= 11 is 0. The van der Waals surface area contributed by atoms with Crippen molar-refractivity contribution in [1.29, 1.82) is 0 Å². The highest BCUT2D eigenvalue weighted by Gasteiger charge is 2.45. The Labute approximate surface area is 168 Å². The van der Waals surface area contributed by atoms with Crippen LogP contribution in [0.2, 0.25) is 0 Å². The lowest BCUT2D eigenvalue weighted by atomic mass is 10.3. The number of benzene rings is 3. The summed E-state index contributed by atoms with van der Waals surface area (Å²) in [5.41, 5.74) is 0. The Morgan fingerprint density at radius 2 is 1.18 bits per heavy atom. The average Bonchev–Trinajstić information content (AvgIpc) is 2.76. The summed E-state index contributed by atoms with van der Waals surface area (Å²) in [5.74, 6) is -0.295. The molecule has 0 saturated heterocycles. The van der Waals surface area contributed by atoms with E-state index in [0.29, 0.717) is 11.8 Å². The molecule has 28 heavy (non-hydrogen) atoms. The minimum Gasteiger partial charge on any atom is -0.463 e. The first-order chi connectivity index (χ1) is 13.7. The first-order valence-electron chi connectivity index (χ1n) is 9.74. The van der Waals surface area contributed by atoms with Crippen molar-refractivity contribution in [3.8, 4) is 0 Å². The molecule has 0 spiro atoms. The highest BCUT2D eigenvalue weighted by molar-refractivity contribution is 7.18. The molecule has 0 fully saturated rings. The van der Waals surface area contributed by atoms with Crippen LogP contribution in [0.15, 0.2) is 103 Å². The molecule has 0 aliphatic carbocycles. The summed E-state index contributed by atoms with van der Waals surface area (Å²) in [4.78, 5) is 13.1. The Morgan fingerprint density at radius 1 is 0.786 bits per heavy atom. The lowest BCUT2D eigenvalue weighted by Crippen LogP contribution is -2.69. The van der Waals surface area contributed by atoms with Gasteiger partial charge in [-0.05, 0) is 22.0 Å². The monoisotopic (exact) mass is 386 g/mol. The third-order valence-corrected chi connectivity index (χ3v) is 9.76. The first kappa shape index (κ1) is 19.8. The number of carbonyl (C=O) groups is 1. The van der Waals surface area contributed by atoms with Crippen LogP contribution in [0.3, 0.4) is 0 Å². The maximum Gasteiger partial charge on any atom is 0.330 e. The van der Waals surface area contributed by atoms with Gasteiger partial charge in [0.2, 0.25) is 0 Å². The lowest BCUT2D eigenvalue weighted by molar-refractivity contribution is -0.138. The van der Waals surface area contributed by atoms with Crippen LogP contribution < -0.4 is 15.6 Å². The number of rotatable bonds is 8. The Kier molecular flexibility index (Phi) is 6.61. The van der Waals surface area contributed by atoms with Crippen molar-refractivity contribution in [1.82, 2.24) is 0 Å². The van der Waals surface area contributed by atoms with E-state index in [2.05, 4.69) is 49.9 Å². The van der Waals surface area contributed by atoms with Crippen LogP contribution in [0.4, 0.5) is 0 Å². The van der Waals surface area contributed by atoms with Gasteiger partial charge < -0.3 is 4.74 Å². The van der Waals surface area contributed by atoms with Crippen molar-refractivity contribution in [2.75, 3.05) is 6.61 Å². The molecular formula is C25H26O2Si. The van der Waals surface area contributed by atoms with Gasteiger partial charge in [0.15, 0.2) is 8.07 Å². The highest BCUT2D eigenvalue weighted by Crippen LogP contribution is 2.17. The molecule has 3 rings (SSSR count). The Hall–Kier alpha value is -2.91. The zero-order chi connectivity index (χ0) is 19.8. The number of hydrogen-bond acceptors (Lipinski definition) is 2. The predicted octanol–water partition coefficient (Wildman–Crippen LogP) is 3.60. The van der Waals surface area contributed by atoms with Crippen LogP contribution in [-0.2, 0) is 9.53 Å². The normalized spacial score (nSPS) is 11.0. The summed E-state index contributed by atoms with van der Waals surface area (Å²) in [5, 5.41) is 3.95. The van der Waals surface area contributed by atoms with E-state index < -0.39 is 8.07 Å². The standard InChI is InChI=1S/C25H26O2Si/c1-3-4-20-27-25(26)21(2)28(22-14-8-5-9-15-22,23-16-10-6-11-17-23)24-18-12-7-13-19-24/h5-19H,2-4,20H2,1H3. The topological polar surface area (TPSA) is 26.3 Å². The van der Waals surface area contributed by atoms with E-state index in [9.17, 15) is 4.79 Å². The third-order valence-electron chi connectivity index (χ3n) is 5.05. The predicted molar refractivity (Wildman–Crippen MR) is 119 cm³/mol. The first-order valence-corrected chi connectivity index (χ1v) is 11.7. The molecule has 0 aromatic heterocycles. The van der Waals surface area contributed by atoms with Gasteiger partial charge in [0.1, 0.15) is 0 Å². The third kappa shape index (κ3) is 3.85. The van der Waals surface area contributed by atoms with Crippen molar-refractivity contribution in [3.63, 3.8) is 0 Å². The van der Waals surface area contributed by atoms with Crippen LogP contribution in [0.25, 0.3) is 0 Å². The van der Waals surface area contributed by atoms with Gasteiger partial charge in [-0.25, -0.2) is 4.79 Å². The van der Waals surface area contributed by atoms with Gasteiger partial charge in [0.25, 0.3) is 0 Å². The van der Waals surface area contributed by atoms with Gasteiger partial charge in [0.05, 0.1) is 6.61 Å². The summed E-state index contributed by atoms with van der Waals surface area (Å²) in [6, 6.07) is 30.8. The second-order valence-corrected chi connectivity index (χ2v) is 10.7. The maximum absolute atomic E-state index is 13.1. The van der Waals surface area contributed by atoms with E-state index in [0.717, 1.165) is 28.4 Å². The van der Waals surface area contributed by atoms with E-state index in [4.69, 9.17) is 4.74 Å². The van der Waals surface area contributed by atoms with Gasteiger partial charge in [-0.3, -0.25) is 0 Å². The summed E-state index contributed by atoms with van der Waals surface area (Å²) in [6.45, 7) is 6.83. The number of hydrogen-bond donors (Lipinski definition) is 0. The van der Waals surface area contributed by atoms with Crippen LogP contribution >= 0.6 is 0 Å². The summed E-state index contributed by atoms with van der Waals surface area (Å²) in [7, 11) is -2.82. The molecule has 0 aliphatic heterocycles. The second-order valence-electron chi connectivity index (χ2n) is 6.82. The molecule has 0 N–H and O–H groups in total. The van der Waals surface area contributed by atoms with E-state index in [1.807, 2.05) is 54.6 Å². The van der Waals surface area contributed by atoms with E-state index in [1.165, 1.54) is 0 Å². The fourth-order valence-corrected chi connectivity index (χ4v) is 8.14. The molecule has 142 valence electrons. The quantitative estimate of drug-likeness (QED) is 0.194. The smallest absolute Gasteiger partial charge is 0.330 e. The molecule has 3 aromatic rings. The zero-order valence-electron chi connectivity index (χ0n) is 16.3. The van der Waals surface area contributed by atoms with E-state index in [-0.39, 0.29) is 5.97 Å². The van der Waals surface area contributed by atoms with Crippen molar-refractivity contribution in [3.05, 3.63) is 103 Å². The summed E-state index contributed by atoms with van der Waals surface area (Å²) < 4.78 is 5.61. The number of esters is 1. The van der Waals surface area contributed by atoms with Gasteiger partial charge in [-0.2, -0.15) is 0 Å². The molecular weight excluding hydrogens is 360 g/mol. The molecule has 3 heteroatoms. The van der Waals surface area contributed by atoms with Crippen molar-refractivity contribution in [2.24, 2.45) is 0 Å². The average molecular weight is 387 g/mol. The SMILES string of the molecule is C=C(C(=O)OCCCC)[Si](c1ccccc1)(c1ccccc1)c1ccccc1. The Balaban J connectivity index is 2.22. The minimum absolute atomic E-state index is 0.295. The number of unbranched alkanes of at least 4 members (excludes halogenated alkanes) is 1. The molecule has 0 heterocycles. The van der Waals surface area contributed by atoms with Crippen LogP contribution in [-0.4, -0.2) is 20.7 Å². The van der Waals surface area contributed by atoms with Gasteiger partial charge in [-0.1, -0.05) is 111 Å². The van der Waals surface area contributed by atoms with Gasteiger partial charge in [-0.15, -0.1) is 0 Å². The molecule has 3 aromatic carbocycles. The number of carbonyl (C=O) groups excluding carboxylic acids is 1. The lowest BCUT2D eigenvalue weighted by Gasteiger charge is -2.34. The molecule has 0 atom stereocenters. The fourth-order valence-electron chi connectivity index (χ4n) is 3.64. The Morgan fingerprint density at radius 3 is 1.54 bits per heavy atom. The molecule has 0 radical (unpaired) electrons. The van der Waals surface area contributed by atoms with E-state index in [1.54, 1.807) is 0 Å². The minimum atomic E-state index is -2.82.